The van der Waals surface area contributed by atoms with E-state index in [1.165, 1.54) is 12.3 Å². The number of aromatic amines is 1. The highest BCUT2D eigenvalue weighted by molar-refractivity contribution is 8.44. The molecule has 3 aliphatic rings. The standard InChI is InChI=1S/C21H23F2N9O8P2S3/c22-14-11-4-38-41(34,43)39-15-10(36-5-20(15,23)31-7-27-12-9(24)1-2-26-16(12)31)3-37-42(35,44)40-21(14,6-45-11)32-8-28-13-17(32)29-19(25)30-18(13)33/h1-2,7-8,10-11,14-15H,3-6H2,(H2,24,26)(H,34,43)(H,35,44)(H3,25,29,30,33)/t10-,11-,14+,15-,20+,21+,41?,42?/m1/s1. The van der Waals surface area contributed by atoms with Gasteiger partial charge in [-0.1, -0.05) is 24.5 Å². The lowest BCUT2D eigenvalue weighted by Crippen LogP contribution is -2.46. The van der Waals surface area contributed by atoms with Gasteiger partial charge in [0.1, 0.15) is 18.2 Å². The number of alkyl halides is 2. The predicted octanol–water partition coefficient (Wildman–Crippen LogP) is 2.38. The molecule has 2 bridgehead atoms. The van der Waals surface area contributed by atoms with Crippen LogP contribution < -0.4 is 17.0 Å². The smallest absolute Gasteiger partial charge is 0.388 e. The van der Waals surface area contributed by atoms with E-state index in [0.29, 0.717) is 0 Å². The number of aromatic nitrogens is 7. The van der Waals surface area contributed by atoms with Crippen LogP contribution in [0.5, 0.6) is 0 Å². The highest BCUT2D eigenvalue weighted by Gasteiger charge is 2.60. The molecular weight excluding hydrogens is 702 g/mol. The van der Waals surface area contributed by atoms with E-state index in [9.17, 15) is 13.9 Å². The summed E-state index contributed by atoms with van der Waals surface area (Å²) >= 11 is 9.07. The van der Waals surface area contributed by atoms with E-state index in [1.807, 2.05) is 0 Å². The van der Waals surface area contributed by atoms with Crippen molar-refractivity contribution in [1.82, 2.24) is 34.1 Å². The van der Waals surface area contributed by atoms with Crippen molar-refractivity contribution in [2.75, 3.05) is 37.0 Å². The van der Waals surface area contributed by atoms with Crippen LogP contribution >= 0.6 is 49.9 Å². The summed E-state index contributed by atoms with van der Waals surface area (Å²) in [6, 6.07) is 1.48. The van der Waals surface area contributed by atoms with E-state index in [1.54, 1.807) is 0 Å². The van der Waals surface area contributed by atoms with Crippen molar-refractivity contribution >= 4 is 83.8 Å². The molecule has 4 aromatic rings. The van der Waals surface area contributed by atoms with Gasteiger partial charge in [0.25, 0.3) is 5.56 Å². The Bertz CT molecular complexity index is 1990. The van der Waals surface area contributed by atoms with Gasteiger partial charge in [-0.3, -0.25) is 37.0 Å². The molecule has 5 N–H and O–H groups in total. The highest BCUT2D eigenvalue weighted by Crippen LogP contribution is 2.63. The van der Waals surface area contributed by atoms with Gasteiger partial charge in [0.15, 0.2) is 34.8 Å². The van der Waals surface area contributed by atoms with Crippen molar-refractivity contribution in [3.05, 3.63) is 35.3 Å². The molecule has 8 atom stereocenters. The van der Waals surface area contributed by atoms with Crippen LogP contribution in [0.4, 0.5) is 20.4 Å². The fraction of sp³-hybridized carbons (Fsp3) is 0.476. The van der Waals surface area contributed by atoms with E-state index in [-0.39, 0.29) is 39.7 Å². The maximum atomic E-state index is 17.0. The Morgan fingerprint density at radius 1 is 1.07 bits per heavy atom. The third-order valence-corrected chi connectivity index (χ3v) is 12.2. The summed E-state index contributed by atoms with van der Waals surface area (Å²) in [4.78, 5) is 31.1. The molecule has 3 aliphatic heterocycles. The molecule has 0 aliphatic carbocycles. The average molecular weight is 726 g/mol. The van der Waals surface area contributed by atoms with Crippen molar-refractivity contribution in [3.63, 3.8) is 0 Å². The lowest BCUT2D eigenvalue weighted by molar-refractivity contribution is -0.0600. The molecule has 2 unspecified atom stereocenters. The summed E-state index contributed by atoms with van der Waals surface area (Å²) in [5.74, 6) is -3.16. The molecule has 0 radical (unpaired) electrons. The van der Waals surface area contributed by atoms with Gasteiger partial charge in [0.2, 0.25) is 11.7 Å². The number of halogens is 2. The number of hydrogen-bond acceptors (Lipinski definition) is 15. The lowest BCUT2D eigenvalue weighted by atomic mass is 10.1. The Morgan fingerprint density at radius 3 is 2.60 bits per heavy atom. The Morgan fingerprint density at radius 2 is 1.80 bits per heavy atom. The quantitative estimate of drug-likeness (QED) is 0.148. The van der Waals surface area contributed by atoms with Gasteiger partial charge in [0.05, 0.1) is 36.8 Å². The number of rotatable bonds is 2. The molecule has 242 valence electrons. The fourth-order valence-corrected chi connectivity index (χ4v) is 10.2. The van der Waals surface area contributed by atoms with Crippen LogP contribution in [0.3, 0.4) is 0 Å². The summed E-state index contributed by atoms with van der Waals surface area (Å²) in [6.07, 6.45) is -1.71. The first-order chi connectivity index (χ1) is 21.2. The summed E-state index contributed by atoms with van der Waals surface area (Å²) in [5.41, 5.74) is 8.86. The second-order valence-corrected chi connectivity index (χ2v) is 17.3. The zero-order valence-corrected chi connectivity index (χ0v) is 26.9. The van der Waals surface area contributed by atoms with Gasteiger partial charge in [0, 0.05) is 11.9 Å². The van der Waals surface area contributed by atoms with Crippen LogP contribution in [0.1, 0.15) is 0 Å². The molecule has 0 saturated carbocycles. The average Bonchev–Trinajstić information content (AvgIpc) is 3.73. The second kappa shape index (κ2) is 10.9. The Kier molecular flexibility index (Phi) is 7.59. The number of thioether (sulfide) groups is 1. The molecule has 45 heavy (non-hydrogen) atoms. The fourth-order valence-electron chi connectivity index (χ4n) is 5.45. The summed E-state index contributed by atoms with van der Waals surface area (Å²) in [7, 11) is 0. The van der Waals surface area contributed by atoms with Gasteiger partial charge in [-0.2, -0.15) is 4.98 Å². The minimum absolute atomic E-state index is 0.0314. The van der Waals surface area contributed by atoms with Crippen LogP contribution in [0.15, 0.2) is 29.7 Å². The van der Waals surface area contributed by atoms with Gasteiger partial charge in [-0.25, -0.2) is 32.9 Å². The summed E-state index contributed by atoms with van der Waals surface area (Å²) in [5, 5.41) is -1.14. The van der Waals surface area contributed by atoms with Gasteiger partial charge < -0.3 is 16.2 Å². The normalized spacial score (nSPS) is 37.7. The number of fused-ring (bicyclic) bond motifs is 5. The summed E-state index contributed by atoms with van der Waals surface area (Å²) in [6.45, 7) is -11.0. The molecule has 0 spiro atoms. The van der Waals surface area contributed by atoms with Crippen molar-refractivity contribution < 1.29 is 40.7 Å². The maximum absolute atomic E-state index is 17.0. The van der Waals surface area contributed by atoms with Crippen molar-refractivity contribution in [1.29, 1.82) is 0 Å². The van der Waals surface area contributed by atoms with E-state index < -0.39 is 74.1 Å². The van der Waals surface area contributed by atoms with Gasteiger partial charge in [-0.05, 0) is 6.07 Å². The molecule has 0 amide bonds. The van der Waals surface area contributed by atoms with Crippen molar-refractivity contribution in [2.24, 2.45) is 0 Å². The minimum atomic E-state index is -4.56. The lowest BCUT2D eigenvalue weighted by Gasteiger charge is -2.34. The predicted molar refractivity (Wildman–Crippen MR) is 163 cm³/mol. The molecule has 3 fully saturated rings. The monoisotopic (exact) mass is 725 g/mol. The number of anilines is 2. The number of nitrogens with one attached hydrogen (secondary N) is 1. The topological polar surface area (TPSA) is 227 Å². The van der Waals surface area contributed by atoms with Crippen LogP contribution in [-0.2, 0) is 43.5 Å². The minimum Gasteiger partial charge on any atom is -0.397 e. The van der Waals surface area contributed by atoms with E-state index in [2.05, 4.69) is 49.4 Å². The van der Waals surface area contributed by atoms with Gasteiger partial charge in [-0.15, -0.1) is 11.8 Å². The number of thiol groups is 2. The number of nitrogen functional groups attached to an aromatic ring is 2. The number of pyridine rings is 1. The number of imidazole rings is 2. The van der Waals surface area contributed by atoms with Crippen LogP contribution in [0.25, 0.3) is 22.3 Å². The zero-order valence-electron chi connectivity index (χ0n) is 22.5. The van der Waals surface area contributed by atoms with E-state index >= 15 is 8.78 Å². The molecule has 7 heterocycles. The molecular formula is C21H23F2N9O8P2S3. The third kappa shape index (κ3) is 5.19. The molecule has 0 aromatic carbocycles. The number of nitrogens with two attached hydrogens (primary N) is 2. The third-order valence-electron chi connectivity index (χ3n) is 7.56. The molecule has 7 rings (SSSR count). The first-order valence-corrected chi connectivity index (χ1v) is 19.4. The van der Waals surface area contributed by atoms with Gasteiger partial charge >= 0.3 is 13.6 Å². The van der Waals surface area contributed by atoms with Crippen molar-refractivity contribution in [2.45, 2.75) is 35.1 Å². The number of ether oxygens (including phenoxy) is 1. The Labute approximate surface area is 265 Å². The number of H-pyrrole nitrogens is 1. The van der Waals surface area contributed by atoms with Crippen molar-refractivity contribution in [3.8, 4) is 0 Å². The molecule has 24 heteroatoms. The van der Waals surface area contributed by atoms with E-state index in [4.69, 9.17) is 34.3 Å². The first kappa shape index (κ1) is 31.3. The van der Waals surface area contributed by atoms with E-state index in [0.717, 1.165) is 33.6 Å². The highest BCUT2D eigenvalue weighted by atomic mass is 32.7. The Hall–Kier alpha value is -2.26. The first-order valence-electron chi connectivity index (χ1n) is 12.9. The van der Waals surface area contributed by atoms with Crippen LogP contribution in [0, 0.1) is 0 Å². The molecule has 3 saturated heterocycles. The largest absolute Gasteiger partial charge is 0.397 e. The number of nitrogens with zero attached hydrogens (tertiary/aromatic N) is 6. The Balaban J connectivity index is 1.28. The van der Waals surface area contributed by atoms with Crippen LogP contribution in [-0.4, -0.2) is 83.3 Å². The summed E-state index contributed by atoms with van der Waals surface area (Å²) < 4.78 is 90.9. The molecule has 17 nitrogen and oxygen atoms in total. The number of hydrogen-bond donors (Lipinski definition) is 5. The van der Waals surface area contributed by atoms with Crippen LogP contribution in [0.2, 0.25) is 0 Å². The molecule has 4 aromatic heterocycles. The SMILES string of the molecule is Nc1nc2c(ncn2[C@@]23CS[C@H](COP(=O)(S)O[C@@H]4[C@@H](COP(=O)(S)O2)OC[C@]4(F)n2cnc4c(N)ccnc42)[C@@H]3F)c(=O)[nH]1. The maximum Gasteiger partial charge on any atom is 0.388 e. The second-order valence-electron chi connectivity index (χ2n) is 10.3. The zero-order chi connectivity index (χ0) is 31.9.